The van der Waals surface area contributed by atoms with Crippen LogP contribution in [0.4, 0.5) is 0 Å². The van der Waals surface area contributed by atoms with E-state index in [4.69, 9.17) is 4.74 Å². The minimum Gasteiger partial charge on any atom is -0.472 e. The van der Waals surface area contributed by atoms with Crippen LogP contribution in [0.5, 0.6) is 5.88 Å². The quantitative estimate of drug-likeness (QED) is 0.718. The van der Waals surface area contributed by atoms with Crippen molar-refractivity contribution in [3.8, 4) is 5.88 Å². The van der Waals surface area contributed by atoms with Gasteiger partial charge in [0.05, 0.1) is 5.39 Å². The molecule has 0 spiro atoms. The highest BCUT2D eigenvalue weighted by atomic mass is 32.1. The monoisotopic (exact) mass is 256 g/mol. The van der Waals surface area contributed by atoms with Crippen LogP contribution in [-0.4, -0.2) is 9.97 Å². The fraction of sp³-hybridized carbons (Fsp3) is 0.143. The molecule has 3 rings (SSSR count). The SMILES string of the molecule is Cc1nc(OCc2ccccc2)c2ccsc2n1. The Morgan fingerprint density at radius 1 is 1.11 bits per heavy atom. The largest absolute Gasteiger partial charge is 0.472 e. The standard InChI is InChI=1S/C14H12N2OS/c1-10-15-13(12-7-8-18-14(12)16-10)17-9-11-5-3-2-4-6-11/h2-8H,9H2,1H3. The maximum atomic E-state index is 5.80. The Kier molecular flexibility index (Phi) is 2.94. The van der Waals surface area contributed by atoms with Gasteiger partial charge < -0.3 is 4.74 Å². The Balaban J connectivity index is 1.88. The second-order valence-corrected chi connectivity index (χ2v) is 4.88. The van der Waals surface area contributed by atoms with Crippen LogP contribution in [0.2, 0.25) is 0 Å². The first-order chi connectivity index (χ1) is 8.83. The lowest BCUT2D eigenvalue weighted by Crippen LogP contribution is -1.99. The smallest absolute Gasteiger partial charge is 0.225 e. The fourth-order valence-electron chi connectivity index (χ4n) is 1.77. The van der Waals surface area contributed by atoms with Gasteiger partial charge in [-0.1, -0.05) is 30.3 Å². The molecule has 3 aromatic rings. The number of fused-ring (bicyclic) bond motifs is 1. The third kappa shape index (κ3) is 2.19. The van der Waals surface area contributed by atoms with Crippen molar-refractivity contribution in [3.05, 3.63) is 53.2 Å². The normalized spacial score (nSPS) is 10.7. The van der Waals surface area contributed by atoms with Gasteiger partial charge in [-0.2, -0.15) is 4.98 Å². The van der Waals surface area contributed by atoms with Gasteiger partial charge in [0, 0.05) is 0 Å². The number of thiophene rings is 1. The van der Waals surface area contributed by atoms with E-state index in [1.165, 1.54) is 0 Å². The Hall–Kier alpha value is -1.94. The van der Waals surface area contributed by atoms with Crippen LogP contribution >= 0.6 is 11.3 Å². The number of rotatable bonds is 3. The van der Waals surface area contributed by atoms with E-state index in [0.717, 1.165) is 21.6 Å². The van der Waals surface area contributed by atoms with Crippen LogP contribution in [0.25, 0.3) is 10.2 Å². The van der Waals surface area contributed by atoms with Gasteiger partial charge in [0.2, 0.25) is 5.88 Å². The Morgan fingerprint density at radius 3 is 2.78 bits per heavy atom. The van der Waals surface area contributed by atoms with Gasteiger partial charge in [-0.3, -0.25) is 0 Å². The molecule has 0 amide bonds. The lowest BCUT2D eigenvalue weighted by molar-refractivity contribution is 0.297. The molecule has 0 fully saturated rings. The molecule has 0 saturated heterocycles. The average molecular weight is 256 g/mol. The van der Waals surface area contributed by atoms with E-state index in [1.54, 1.807) is 11.3 Å². The van der Waals surface area contributed by atoms with E-state index >= 15 is 0 Å². The maximum absolute atomic E-state index is 5.80. The zero-order valence-corrected chi connectivity index (χ0v) is 10.8. The molecule has 0 unspecified atom stereocenters. The molecule has 0 aliphatic carbocycles. The molecule has 0 aliphatic heterocycles. The van der Waals surface area contributed by atoms with Crippen molar-refractivity contribution >= 4 is 21.6 Å². The zero-order valence-electron chi connectivity index (χ0n) is 9.96. The van der Waals surface area contributed by atoms with Crippen molar-refractivity contribution in [1.29, 1.82) is 0 Å². The molecule has 2 heterocycles. The topological polar surface area (TPSA) is 35.0 Å². The summed E-state index contributed by atoms with van der Waals surface area (Å²) in [5.41, 5.74) is 1.14. The number of nitrogens with zero attached hydrogens (tertiary/aromatic N) is 2. The summed E-state index contributed by atoms with van der Waals surface area (Å²) in [6.45, 7) is 2.41. The van der Waals surface area contributed by atoms with Gasteiger partial charge in [0.15, 0.2) is 0 Å². The van der Waals surface area contributed by atoms with Crippen molar-refractivity contribution < 1.29 is 4.74 Å². The summed E-state index contributed by atoms with van der Waals surface area (Å²) in [4.78, 5) is 9.72. The molecule has 2 aromatic heterocycles. The Morgan fingerprint density at radius 2 is 1.94 bits per heavy atom. The summed E-state index contributed by atoms with van der Waals surface area (Å²) in [6, 6.07) is 12.1. The predicted octanol–water partition coefficient (Wildman–Crippen LogP) is 3.58. The van der Waals surface area contributed by atoms with Crippen molar-refractivity contribution in [2.24, 2.45) is 0 Å². The van der Waals surface area contributed by atoms with Gasteiger partial charge in [0.1, 0.15) is 17.3 Å². The minimum absolute atomic E-state index is 0.530. The molecular weight excluding hydrogens is 244 g/mol. The molecule has 0 saturated carbocycles. The first kappa shape index (κ1) is 11.2. The van der Waals surface area contributed by atoms with Crippen LogP contribution in [0.3, 0.4) is 0 Å². The fourth-order valence-corrected chi connectivity index (χ4v) is 2.57. The number of hydrogen-bond donors (Lipinski definition) is 0. The Labute approximate surface area is 109 Å². The van der Waals surface area contributed by atoms with Gasteiger partial charge in [-0.15, -0.1) is 11.3 Å². The molecule has 0 radical (unpaired) electrons. The van der Waals surface area contributed by atoms with E-state index in [-0.39, 0.29) is 0 Å². The first-order valence-electron chi connectivity index (χ1n) is 5.71. The zero-order chi connectivity index (χ0) is 12.4. The van der Waals surface area contributed by atoms with Crippen LogP contribution < -0.4 is 4.74 Å². The molecule has 0 aliphatic rings. The summed E-state index contributed by atoms with van der Waals surface area (Å²) in [7, 11) is 0. The first-order valence-corrected chi connectivity index (χ1v) is 6.59. The van der Waals surface area contributed by atoms with Crippen LogP contribution in [0.15, 0.2) is 41.8 Å². The number of benzene rings is 1. The molecule has 3 nitrogen and oxygen atoms in total. The van der Waals surface area contributed by atoms with Gasteiger partial charge >= 0.3 is 0 Å². The van der Waals surface area contributed by atoms with E-state index in [0.29, 0.717) is 12.5 Å². The number of hydrogen-bond acceptors (Lipinski definition) is 4. The molecule has 0 N–H and O–H groups in total. The molecule has 0 atom stereocenters. The van der Waals surface area contributed by atoms with Crippen molar-refractivity contribution in [2.45, 2.75) is 13.5 Å². The van der Waals surface area contributed by atoms with Crippen molar-refractivity contribution in [2.75, 3.05) is 0 Å². The molecule has 4 heteroatoms. The summed E-state index contributed by atoms with van der Waals surface area (Å²) >= 11 is 1.61. The summed E-state index contributed by atoms with van der Waals surface area (Å²) in [6.07, 6.45) is 0. The summed E-state index contributed by atoms with van der Waals surface area (Å²) in [5.74, 6) is 1.41. The van der Waals surface area contributed by atoms with Crippen LogP contribution in [0, 0.1) is 6.92 Å². The van der Waals surface area contributed by atoms with Gasteiger partial charge in [0.25, 0.3) is 0 Å². The number of aryl methyl sites for hydroxylation is 1. The van der Waals surface area contributed by atoms with Crippen LogP contribution in [-0.2, 0) is 6.61 Å². The molecule has 18 heavy (non-hydrogen) atoms. The third-order valence-corrected chi connectivity index (χ3v) is 3.43. The lowest BCUT2D eigenvalue weighted by atomic mass is 10.2. The second-order valence-electron chi connectivity index (χ2n) is 3.99. The number of aromatic nitrogens is 2. The predicted molar refractivity (Wildman–Crippen MR) is 72.9 cm³/mol. The molecule has 0 bridgehead atoms. The van der Waals surface area contributed by atoms with E-state index in [9.17, 15) is 0 Å². The lowest BCUT2D eigenvalue weighted by Gasteiger charge is -2.07. The minimum atomic E-state index is 0.530. The highest BCUT2D eigenvalue weighted by Gasteiger charge is 2.08. The molecule has 1 aromatic carbocycles. The molecular formula is C14H12N2OS. The van der Waals surface area contributed by atoms with Gasteiger partial charge in [-0.25, -0.2) is 4.98 Å². The average Bonchev–Trinajstić information content (AvgIpc) is 2.85. The van der Waals surface area contributed by atoms with E-state index < -0.39 is 0 Å². The molecule has 90 valence electrons. The van der Waals surface area contributed by atoms with E-state index in [1.807, 2.05) is 48.7 Å². The maximum Gasteiger partial charge on any atom is 0.225 e. The highest BCUT2D eigenvalue weighted by molar-refractivity contribution is 7.16. The van der Waals surface area contributed by atoms with Crippen molar-refractivity contribution in [1.82, 2.24) is 9.97 Å². The number of ether oxygens (including phenoxy) is 1. The summed E-state index contributed by atoms with van der Waals surface area (Å²) in [5, 5.41) is 3.00. The second kappa shape index (κ2) is 4.74. The highest BCUT2D eigenvalue weighted by Crippen LogP contribution is 2.27. The van der Waals surface area contributed by atoms with Gasteiger partial charge in [-0.05, 0) is 23.9 Å². The Bertz CT molecular complexity index is 664. The van der Waals surface area contributed by atoms with Crippen molar-refractivity contribution in [3.63, 3.8) is 0 Å². The third-order valence-electron chi connectivity index (χ3n) is 2.62. The van der Waals surface area contributed by atoms with E-state index in [2.05, 4.69) is 9.97 Å². The van der Waals surface area contributed by atoms with Crippen LogP contribution in [0.1, 0.15) is 11.4 Å². The summed E-state index contributed by atoms with van der Waals surface area (Å²) < 4.78 is 5.80.